The summed E-state index contributed by atoms with van der Waals surface area (Å²) in [6.45, 7) is 3.96. The minimum atomic E-state index is -0.179. The van der Waals surface area contributed by atoms with Gasteiger partial charge in [0.05, 0.1) is 12.2 Å². The molecule has 1 aliphatic heterocycles. The molecule has 1 heterocycles. The molecule has 0 aromatic heterocycles. The fourth-order valence-corrected chi connectivity index (χ4v) is 2.42. The molecule has 25 heavy (non-hydrogen) atoms. The van der Waals surface area contributed by atoms with E-state index in [4.69, 9.17) is 14.2 Å². The maximum Gasteiger partial charge on any atom is 0.231 e. The van der Waals surface area contributed by atoms with E-state index in [1.54, 1.807) is 24.3 Å². The lowest BCUT2D eigenvalue weighted by atomic mass is 10.1. The first kappa shape index (κ1) is 16.8. The van der Waals surface area contributed by atoms with Crippen molar-refractivity contribution in [1.29, 1.82) is 0 Å². The number of rotatable bonds is 6. The number of hydrogen-bond acceptors (Lipinski definition) is 5. The molecule has 0 aliphatic carbocycles. The quantitative estimate of drug-likeness (QED) is 0.752. The summed E-state index contributed by atoms with van der Waals surface area (Å²) >= 11 is 0. The Morgan fingerprint density at radius 3 is 2.48 bits per heavy atom. The van der Waals surface area contributed by atoms with Crippen LogP contribution in [0, 0.1) is 0 Å². The average Bonchev–Trinajstić information content (AvgIpc) is 2.90. The number of carbonyl (C=O) groups excluding carboxylic acids is 2. The second-order valence-corrected chi connectivity index (χ2v) is 5.59. The zero-order valence-electron chi connectivity index (χ0n) is 14.1. The number of benzene rings is 2. The van der Waals surface area contributed by atoms with E-state index in [2.05, 4.69) is 0 Å². The van der Waals surface area contributed by atoms with Gasteiger partial charge in [-0.1, -0.05) is 12.1 Å². The lowest BCUT2D eigenvalue weighted by molar-refractivity contribution is -0.118. The predicted octanol–water partition coefficient (Wildman–Crippen LogP) is 3.67. The molecule has 0 fully saturated rings. The highest BCUT2D eigenvalue weighted by molar-refractivity contribution is 6.14. The Balaban J connectivity index is 1.78. The molecule has 5 heteroatoms. The molecule has 0 radical (unpaired) electrons. The Morgan fingerprint density at radius 1 is 1.08 bits per heavy atom. The summed E-state index contributed by atoms with van der Waals surface area (Å²) in [7, 11) is 0. The zero-order valence-corrected chi connectivity index (χ0v) is 14.1. The second kappa shape index (κ2) is 7.21. The first-order valence-electron chi connectivity index (χ1n) is 8.00. The molecule has 0 spiro atoms. The van der Waals surface area contributed by atoms with Gasteiger partial charge in [0.25, 0.3) is 0 Å². The van der Waals surface area contributed by atoms with Crippen LogP contribution in [0.15, 0.2) is 48.2 Å². The highest BCUT2D eigenvalue weighted by Gasteiger charge is 2.27. The monoisotopic (exact) mass is 338 g/mol. The van der Waals surface area contributed by atoms with Crippen molar-refractivity contribution in [1.82, 2.24) is 0 Å². The van der Waals surface area contributed by atoms with Crippen molar-refractivity contribution in [2.75, 3.05) is 13.2 Å². The molecule has 2 aromatic carbocycles. The molecule has 0 atom stereocenters. The first-order chi connectivity index (χ1) is 12.1. The number of Topliss-reactive ketones (excluding diaryl/α,β-unsaturated/α-hetero) is 2. The van der Waals surface area contributed by atoms with Gasteiger partial charge in [0.2, 0.25) is 5.78 Å². The van der Waals surface area contributed by atoms with Crippen LogP contribution in [0.1, 0.15) is 29.8 Å². The minimum Gasteiger partial charge on any atom is -0.494 e. The maximum absolute atomic E-state index is 12.4. The molecule has 1 aliphatic rings. The van der Waals surface area contributed by atoms with Gasteiger partial charge >= 0.3 is 0 Å². The van der Waals surface area contributed by atoms with E-state index in [9.17, 15) is 9.59 Å². The van der Waals surface area contributed by atoms with Crippen molar-refractivity contribution in [3.8, 4) is 17.2 Å². The van der Waals surface area contributed by atoms with Gasteiger partial charge in [-0.2, -0.15) is 0 Å². The summed E-state index contributed by atoms with van der Waals surface area (Å²) in [6.07, 6.45) is 1.69. The summed E-state index contributed by atoms with van der Waals surface area (Å²) in [4.78, 5) is 23.4. The summed E-state index contributed by atoms with van der Waals surface area (Å²) in [5.41, 5.74) is 1.32. The topological polar surface area (TPSA) is 61.8 Å². The van der Waals surface area contributed by atoms with E-state index in [1.807, 2.05) is 31.2 Å². The molecule has 2 aromatic rings. The van der Waals surface area contributed by atoms with Gasteiger partial charge in [-0.05, 0) is 49.8 Å². The van der Waals surface area contributed by atoms with Gasteiger partial charge in [0, 0.05) is 6.07 Å². The molecule has 0 N–H and O–H groups in total. The normalized spacial score (nSPS) is 14.2. The third-order valence-corrected chi connectivity index (χ3v) is 3.57. The fourth-order valence-electron chi connectivity index (χ4n) is 2.42. The van der Waals surface area contributed by atoms with Gasteiger partial charge in [-0.25, -0.2) is 0 Å². The maximum atomic E-state index is 12.4. The molecule has 3 rings (SSSR count). The van der Waals surface area contributed by atoms with Crippen LogP contribution in [-0.4, -0.2) is 24.8 Å². The highest BCUT2D eigenvalue weighted by atomic mass is 16.5. The third-order valence-electron chi connectivity index (χ3n) is 3.57. The average molecular weight is 338 g/mol. The fraction of sp³-hybridized carbons (Fsp3) is 0.200. The minimum absolute atomic E-state index is 0.0123. The number of ether oxygens (including phenoxy) is 3. The molecular weight excluding hydrogens is 320 g/mol. The Bertz CT molecular complexity index is 834. The molecule has 0 amide bonds. The first-order valence-corrected chi connectivity index (χ1v) is 8.00. The van der Waals surface area contributed by atoms with E-state index in [-0.39, 0.29) is 23.9 Å². The van der Waals surface area contributed by atoms with Crippen molar-refractivity contribution in [2.24, 2.45) is 0 Å². The van der Waals surface area contributed by atoms with Crippen molar-refractivity contribution in [3.05, 3.63) is 59.4 Å². The molecule has 0 bridgehead atoms. The Labute approximate surface area is 145 Å². The van der Waals surface area contributed by atoms with E-state index in [0.717, 1.165) is 11.3 Å². The van der Waals surface area contributed by atoms with E-state index in [0.29, 0.717) is 23.7 Å². The van der Waals surface area contributed by atoms with Crippen LogP contribution in [0.25, 0.3) is 6.08 Å². The van der Waals surface area contributed by atoms with Crippen LogP contribution in [0.4, 0.5) is 0 Å². The van der Waals surface area contributed by atoms with Crippen LogP contribution in [0.3, 0.4) is 0 Å². The van der Waals surface area contributed by atoms with E-state index < -0.39 is 0 Å². The van der Waals surface area contributed by atoms with E-state index in [1.165, 1.54) is 6.92 Å². The Morgan fingerprint density at radius 2 is 1.80 bits per heavy atom. The second-order valence-electron chi connectivity index (χ2n) is 5.59. The summed E-state index contributed by atoms with van der Waals surface area (Å²) in [5.74, 6) is 1.70. The number of hydrogen-bond donors (Lipinski definition) is 0. The summed E-state index contributed by atoms with van der Waals surface area (Å²) in [6, 6.07) is 12.3. The van der Waals surface area contributed by atoms with E-state index >= 15 is 0 Å². The van der Waals surface area contributed by atoms with Crippen molar-refractivity contribution < 1.29 is 23.8 Å². The zero-order chi connectivity index (χ0) is 17.8. The lowest BCUT2D eigenvalue weighted by Gasteiger charge is -2.05. The summed E-state index contributed by atoms with van der Waals surface area (Å²) < 4.78 is 16.4. The number of allylic oxidation sites excluding steroid dienone is 1. The van der Waals surface area contributed by atoms with Gasteiger partial charge < -0.3 is 14.2 Å². The molecular formula is C20H18O5. The largest absolute Gasteiger partial charge is 0.494 e. The van der Waals surface area contributed by atoms with Gasteiger partial charge in [0.15, 0.2) is 11.5 Å². The lowest BCUT2D eigenvalue weighted by Crippen LogP contribution is -2.06. The third kappa shape index (κ3) is 3.88. The predicted molar refractivity (Wildman–Crippen MR) is 93.2 cm³/mol. The van der Waals surface area contributed by atoms with Crippen LogP contribution in [-0.2, 0) is 4.79 Å². The van der Waals surface area contributed by atoms with Gasteiger partial charge in [0.1, 0.15) is 23.9 Å². The SMILES string of the molecule is CCOc1ccc(/C=C2\Oc3cc(OCC(C)=O)ccc3C2=O)cc1. The molecule has 0 saturated carbocycles. The number of fused-ring (bicyclic) bond motifs is 1. The van der Waals surface area contributed by atoms with Crippen LogP contribution in [0.5, 0.6) is 17.2 Å². The van der Waals surface area contributed by atoms with Crippen LogP contribution >= 0.6 is 0 Å². The molecule has 128 valence electrons. The van der Waals surface area contributed by atoms with Crippen LogP contribution < -0.4 is 14.2 Å². The molecule has 5 nitrogen and oxygen atoms in total. The van der Waals surface area contributed by atoms with Crippen molar-refractivity contribution in [2.45, 2.75) is 13.8 Å². The van der Waals surface area contributed by atoms with Gasteiger partial charge in [-0.3, -0.25) is 9.59 Å². The van der Waals surface area contributed by atoms with Crippen molar-refractivity contribution >= 4 is 17.6 Å². The smallest absolute Gasteiger partial charge is 0.231 e. The molecule has 0 unspecified atom stereocenters. The molecule has 0 saturated heterocycles. The standard InChI is InChI=1S/C20H18O5/c1-3-23-15-6-4-14(5-7-15)10-19-20(22)17-9-8-16(11-18(17)25-19)24-12-13(2)21/h4-11H,3,12H2,1-2H3/b19-10-. The number of carbonyl (C=O) groups is 2. The summed E-state index contributed by atoms with van der Waals surface area (Å²) in [5, 5.41) is 0. The highest BCUT2D eigenvalue weighted by Crippen LogP contribution is 2.35. The van der Waals surface area contributed by atoms with Crippen molar-refractivity contribution in [3.63, 3.8) is 0 Å². The van der Waals surface area contributed by atoms with Gasteiger partial charge in [-0.15, -0.1) is 0 Å². The Hall–Kier alpha value is -3.08. The van der Waals surface area contributed by atoms with Crippen LogP contribution in [0.2, 0.25) is 0 Å². The number of ketones is 2. The Kier molecular flexibility index (Phi) is 4.84.